The molecular weight excluding hydrogens is 334 g/mol. The Balaban J connectivity index is 1.90. The SMILES string of the molecule is CCCc1[nH]c(=O)c(Cc2ccc3ccccc3c2)c2c(OC)cccc12. The molecule has 1 heterocycles. The van der Waals surface area contributed by atoms with Crippen molar-refractivity contribution in [1.82, 2.24) is 4.98 Å². The summed E-state index contributed by atoms with van der Waals surface area (Å²) in [7, 11) is 1.66. The van der Waals surface area contributed by atoms with Gasteiger partial charge in [0.2, 0.25) is 0 Å². The van der Waals surface area contributed by atoms with E-state index < -0.39 is 0 Å². The first kappa shape index (κ1) is 17.3. The van der Waals surface area contributed by atoms with Gasteiger partial charge in [0.05, 0.1) is 7.11 Å². The number of hydrogen-bond donors (Lipinski definition) is 1. The van der Waals surface area contributed by atoms with Crippen LogP contribution in [0.5, 0.6) is 5.75 Å². The molecule has 3 nitrogen and oxygen atoms in total. The molecule has 0 atom stereocenters. The van der Waals surface area contributed by atoms with Crippen molar-refractivity contribution in [3.63, 3.8) is 0 Å². The predicted molar refractivity (Wildman–Crippen MR) is 112 cm³/mol. The van der Waals surface area contributed by atoms with Gasteiger partial charge in [-0.3, -0.25) is 4.79 Å². The quantitative estimate of drug-likeness (QED) is 0.531. The first-order chi connectivity index (χ1) is 13.2. The topological polar surface area (TPSA) is 42.1 Å². The number of methoxy groups -OCH3 is 1. The normalized spacial score (nSPS) is 11.2. The summed E-state index contributed by atoms with van der Waals surface area (Å²) < 4.78 is 5.61. The molecule has 27 heavy (non-hydrogen) atoms. The molecule has 3 aromatic carbocycles. The maximum Gasteiger partial charge on any atom is 0.252 e. The van der Waals surface area contributed by atoms with Gasteiger partial charge in [-0.05, 0) is 28.8 Å². The summed E-state index contributed by atoms with van der Waals surface area (Å²) in [5.41, 5.74) is 2.84. The van der Waals surface area contributed by atoms with Crippen LogP contribution in [0.15, 0.2) is 65.5 Å². The molecule has 0 aliphatic carbocycles. The Morgan fingerprint density at radius 3 is 2.56 bits per heavy atom. The predicted octanol–water partition coefficient (Wildman–Crippen LogP) is 5.23. The maximum atomic E-state index is 13.0. The second-order valence-corrected chi connectivity index (χ2v) is 6.90. The average Bonchev–Trinajstić information content (AvgIpc) is 2.70. The third-order valence-corrected chi connectivity index (χ3v) is 5.11. The molecule has 0 aliphatic heterocycles. The van der Waals surface area contributed by atoms with Gasteiger partial charge < -0.3 is 9.72 Å². The van der Waals surface area contributed by atoms with E-state index in [2.05, 4.69) is 48.3 Å². The Hall–Kier alpha value is -3.07. The van der Waals surface area contributed by atoms with Gasteiger partial charge in [-0.2, -0.15) is 0 Å². The monoisotopic (exact) mass is 357 g/mol. The zero-order valence-corrected chi connectivity index (χ0v) is 15.7. The van der Waals surface area contributed by atoms with Crippen molar-refractivity contribution in [2.75, 3.05) is 7.11 Å². The van der Waals surface area contributed by atoms with Gasteiger partial charge in [-0.25, -0.2) is 0 Å². The number of benzene rings is 3. The van der Waals surface area contributed by atoms with Gasteiger partial charge in [-0.15, -0.1) is 0 Å². The number of nitrogens with one attached hydrogen (secondary N) is 1. The number of fused-ring (bicyclic) bond motifs is 2. The third-order valence-electron chi connectivity index (χ3n) is 5.11. The van der Waals surface area contributed by atoms with Crippen molar-refractivity contribution in [2.45, 2.75) is 26.2 Å². The van der Waals surface area contributed by atoms with Crippen LogP contribution < -0.4 is 10.3 Å². The maximum absolute atomic E-state index is 13.0. The van der Waals surface area contributed by atoms with Crippen LogP contribution in [0.1, 0.15) is 30.2 Å². The van der Waals surface area contributed by atoms with E-state index >= 15 is 0 Å². The molecule has 136 valence electrons. The summed E-state index contributed by atoms with van der Waals surface area (Å²) in [6.45, 7) is 2.12. The van der Waals surface area contributed by atoms with E-state index in [-0.39, 0.29) is 5.56 Å². The molecular formula is C24H23NO2. The second kappa shape index (κ2) is 7.28. The number of aryl methyl sites for hydroxylation is 1. The van der Waals surface area contributed by atoms with Crippen molar-refractivity contribution in [1.29, 1.82) is 0 Å². The van der Waals surface area contributed by atoms with Gasteiger partial charge in [0.1, 0.15) is 5.75 Å². The van der Waals surface area contributed by atoms with Crippen molar-refractivity contribution >= 4 is 21.5 Å². The summed E-state index contributed by atoms with van der Waals surface area (Å²) in [5, 5.41) is 4.40. The Morgan fingerprint density at radius 1 is 0.963 bits per heavy atom. The van der Waals surface area contributed by atoms with Crippen LogP contribution in [0.2, 0.25) is 0 Å². The van der Waals surface area contributed by atoms with Gasteiger partial charge in [0, 0.05) is 28.5 Å². The molecule has 0 spiro atoms. The standard InChI is InChI=1S/C24H23NO2/c1-3-7-21-19-10-6-11-22(27-2)23(19)20(24(26)25-21)15-16-12-13-17-8-4-5-9-18(17)14-16/h4-6,8-14H,3,7,15H2,1-2H3,(H,25,26). The fourth-order valence-corrected chi connectivity index (χ4v) is 3.83. The van der Waals surface area contributed by atoms with Gasteiger partial charge in [-0.1, -0.05) is 67.9 Å². The number of H-pyrrole nitrogens is 1. The average molecular weight is 357 g/mol. The number of aromatic nitrogens is 1. The van der Waals surface area contributed by atoms with Gasteiger partial charge in [0.25, 0.3) is 5.56 Å². The van der Waals surface area contributed by atoms with Crippen LogP contribution in [0.4, 0.5) is 0 Å². The smallest absolute Gasteiger partial charge is 0.252 e. The largest absolute Gasteiger partial charge is 0.496 e. The third kappa shape index (κ3) is 3.21. The molecule has 1 aromatic heterocycles. The van der Waals surface area contributed by atoms with E-state index in [1.54, 1.807) is 7.11 Å². The molecule has 0 aliphatic rings. The summed E-state index contributed by atoms with van der Waals surface area (Å²) >= 11 is 0. The highest BCUT2D eigenvalue weighted by atomic mass is 16.5. The Kier molecular flexibility index (Phi) is 4.68. The molecule has 4 rings (SSSR count). The molecule has 0 fully saturated rings. The summed E-state index contributed by atoms with van der Waals surface area (Å²) in [5.74, 6) is 0.756. The van der Waals surface area contributed by atoms with E-state index in [1.807, 2.05) is 24.3 Å². The molecule has 3 heteroatoms. The van der Waals surface area contributed by atoms with E-state index in [0.29, 0.717) is 6.42 Å². The molecule has 0 radical (unpaired) electrons. The number of pyridine rings is 1. The number of hydrogen-bond acceptors (Lipinski definition) is 2. The van der Waals surface area contributed by atoms with E-state index in [1.165, 1.54) is 10.8 Å². The van der Waals surface area contributed by atoms with Crippen LogP contribution in [0.25, 0.3) is 21.5 Å². The minimum atomic E-state index is -0.0244. The van der Waals surface area contributed by atoms with Crippen LogP contribution in [0, 0.1) is 0 Å². The van der Waals surface area contributed by atoms with Crippen LogP contribution in [-0.4, -0.2) is 12.1 Å². The van der Waals surface area contributed by atoms with E-state index in [9.17, 15) is 4.79 Å². The summed E-state index contributed by atoms with van der Waals surface area (Å²) in [6, 6.07) is 20.6. The lowest BCUT2D eigenvalue weighted by Gasteiger charge is -2.14. The van der Waals surface area contributed by atoms with Gasteiger partial charge in [0.15, 0.2) is 0 Å². The van der Waals surface area contributed by atoms with E-state index in [4.69, 9.17) is 4.74 Å². The molecule has 4 aromatic rings. The summed E-state index contributed by atoms with van der Waals surface area (Å²) in [4.78, 5) is 16.1. The highest BCUT2D eigenvalue weighted by Crippen LogP contribution is 2.30. The fourth-order valence-electron chi connectivity index (χ4n) is 3.83. The molecule has 0 saturated heterocycles. The zero-order valence-electron chi connectivity index (χ0n) is 15.7. The fraction of sp³-hybridized carbons (Fsp3) is 0.208. The van der Waals surface area contributed by atoms with Crippen molar-refractivity contribution in [2.24, 2.45) is 0 Å². The Labute approximate surface area is 158 Å². The lowest BCUT2D eigenvalue weighted by atomic mass is 9.96. The van der Waals surface area contributed by atoms with Crippen molar-refractivity contribution in [3.05, 3.63) is 87.8 Å². The van der Waals surface area contributed by atoms with Crippen molar-refractivity contribution in [3.8, 4) is 5.75 Å². The molecule has 0 saturated carbocycles. The molecule has 0 unspecified atom stereocenters. The minimum Gasteiger partial charge on any atom is -0.496 e. The highest BCUT2D eigenvalue weighted by molar-refractivity contribution is 5.93. The minimum absolute atomic E-state index is 0.0244. The number of aromatic amines is 1. The number of ether oxygens (including phenoxy) is 1. The van der Waals surface area contributed by atoms with Crippen molar-refractivity contribution < 1.29 is 4.74 Å². The number of rotatable bonds is 5. The molecule has 1 N–H and O–H groups in total. The Morgan fingerprint density at radius 2 is 1.78 bits per heavy atom. The molecule has 0 amide bonds. The molecule has 0 bridgehead atoms. The van der Waals surface area contributed by atoms with Crippen LogP contribution >= 0.6 is 0 Å². The summed E-state index contributed by atoms with van der Waals surface area (Å²) in [6.07, 6.45) is 2.39. The first-order valence-electron chi connectivity index (χ1n) is 9.39. The van der Waals surface area contributed by atoms with E-state index in [0.717, 1.165) is 46.2 Å². The van der Waals surface area contributed by atoms with Gasteiger partial charge >= 0.3 is 0 Å². The van der Waals surface area contributed by atoms with Crippen LogP contribution in [-0.2, 0) is 12.8 Å². The van der Waals surface area contributed by atoms with Crippen LogP contribution in [0.3, 0.4) is 0 Å². The second-order valence-electron chi connectivity index (χ2n) is 6.90. The first-order valence-corrected chi connectivity index (χ1v) is 9.39. The lowest BCUT2D eigenvalue weighted by Crippen LogP contribution is -2.17. The Bertz CT molecular complexity index is 1170. The highest BCUT2D eigenvalue weighted by Gasteiger charge is 2.15. The zero-order chi connectivity index (χ0) is 18.8. The lowest BCUT2D eigenvalue weighted by molar-refractivity contribution is 0.419.